The Bertz CT molecular complexity index is 819. The van der Waals surface area contributed by atoms with Crippen molar-refractivity contribution in [3.8, 4) is 0 Å². The first-order valence-electron chi connectivity index (χ1n) is 9.43. The van der Waals surface area contributed by atoms with E-state index in [2.05, 4.69) is 4.98 Å². The van der Waals surface area contributed by atoms with Gasteiger partial charge in [0.05, 0.1) is 18.8 Å². The van der Waals surface area contributed by atoms with Gasteiger partial charge in [0, 0.05) is 44.6 Å². The molecule has 3 rings (SSSR count). The zero-order valence-corrected chi connectivity index (χ0v) is 16.1. The number of pyridine rings is 1. The molecule has 1 fully saturated rings. The van der Waals surface area contributed by atoms with Crippen LogP contribution in [0.15, 0.2) is 54.7 Å². The Balaban J connectivity index is 1.64. The summed E-state index contributed by atoms with van der Waals surface area (Å²) in [6.45, 7) is 2.16. The Morgan fingerprint density at radius 2 is 2.07 bits per heavy atom. The third kappa shape index (κ3) is 5.27. The molecule has 0 aliphatic carbocycles. The summed E-state index contributed by atoms with van der Waals surface area (Å²) in [5.74, 6) is 0.0725. The van der Waals surface area contributed by atoms with E-state index < -0.39 is 0 Å². The van der Waals surface area contributed by atoms with Gasteiger partial charge in [0.15, 0.2) is 0 Å². The van der Waals surface area contributed by atoms with Gasteiger partial charge < -0.3 is 14.5 Å². The molecule has 0 unspecified atom stereocenters. The highest BCUT2D eigenvalue weighted by Gasteiger charge is 2.21. The second kappa shape index (κ2) is 9.80. The molecule has 0 bridgehead atoms. The van der Waals surface area contributed by atoms with Crippen LogP contribution in [0.4, 0.5) is 5.69 Å². The second-order valence-electron chi connectivity index (χ2n) is 6.65. The number of amides is 2. The number of anilines is 1. The van der Waals surface area contributed by atoms with Gasteiger partial charge in [-0.25, -0.2) is 0 Å². The van der Waals surface area contributed by atoms with Gasteiger partial charge in [0.25, 0.3) is 0 Å². The lowest BCUT2D eigenvalue weighted by atomic mass is 10.2. The summed E-state index contributed by atoms with van der Waals surface area (Å²) in [5, 5.41) is 0. The molecular formula is C22H25N3O3. The standard InChI is InChI=1S/C22H25N3O3/c1-28-16-15-24(17-19-5-2-3-13-23-19)21(26)12-9-18-7-10-20(11-8-18)25-14-4-6-22(25)27/h2-3,5,7-13H,4,6,14-17H2,1H3/b12-9+. The fourth-order valence-electron chi connectivity index (χ4n) is 3.12. The van der Waals surface area contributed by atoms with Crippen LogP contribution in [0.5, 0.6) is 0 Å². The van der Waals surface area contributed by atoms with Crippen LogP contribution in [0.2, 0.25) is 0 Å². The molecule has 0 atom stereocenters. The van der Waals surface area contributed by atoms with Crippen LogP contribution in [0.1, 0.15) is 24.1 Å². The van der Waals surface area contributed by atoms with E-state index in [1.165, 1.54) is 0 Å². The largest absolute Gasteiger partial charge is 0.383 e. The number of nitrogens with zero attached hydrogens (tertiary/aromatic N) is 3. The van der Waals surface area contributed by atoms with E-state index in [0.717, 1.165) is 29.9 Å². The van der Waals surface area contributed by atoms with Crippen molar-refractivity contribution in [2.45, 2.75) is 19.4 Å². The third-order valence-corrected chi connectivity index (χ3v) is 4.65. The molecule has 2 amide bonds. The van der Waals surface area contributed by atoms with Crippen molar-refractivity contribution in [3.63, 3.8) is 0 Å². The molecule has 146 valence electrons. The smallest absolute Gasteiger partial charge is 0.247 e. The van der Waals surface area contributed by atoms with Gasteiger partial charge in [-0.2, -0.15) is 0 Å². The fraction of sp³-hybridized carbons (Fsp3) is 0.318. The number of benzene rings is 1. The Hall–Kier alpha value is -2.99. The van der Waals surface area contributed by atoms with Crippen LogP contribution in [0.25, 0.3) is 6.08 Å². The topological polar surface area (TPSA) is 62.7 Å². The maximum Gasteiger partial charge on any atom is 0.247 e. The molecule has 0 radical (unpaired) electrons. The summed E-state index contributed by atoms with van der Waals surface area (Å²) in [6, 6.07) is 13.3. The monoisotopic (exact) mass is 379 g/mol. The van der Waals surface area contributed by atoms with Crippen molar-refractivity contribution in [1.29, 1.82) is 0 Å². The average Bonchev–Trinajstić information content (AvgIpc) is 3.16. The zero-order valence-electron chi connectivity index (χ0n) is 16.1. The van der Waals surface area contributed by atoms with E-state index >= 15 is 0 Å². The molecule has 1 aliphatic heterocycles. The van der Waals surface area contributed by atoms with Crippen LogP contribution in [0, 0.1) is 0 Å². The molecule has 6 nitrogen and oxygen atoms in total. The zero-order chi connectivity index (χ0) is 19.8. The van der Waals surface area contributed by atoms with Crippen molar-refractivity contribution in [2.75, 3.05) is 31.7 Å². The minimum absolute atomic E-state index is 0.0958. The Kier molecular flexibility index (Phi) is 6.92. The molecule has 1 aromatic heterocycles. The highest BCUT2D eigenvalue weighted by Crippen LogP contribution is 2.22. The molecule has 0 saturated carbocycles. The predicted molar refractivity (Wildman–Crippen MR) is 109 cm³/mol. The normalized spacial score (nSPS) is 14.0. The number of rotatable bonds is 8. The Labute approximate surface area is 165 Å². The summed E-state index contributed by atoms with van der Waals surface area (Å²) in [4.78, 5) is 32.3. The molecule has 1 saturated heterocycles. The summed E-state index contributed by atoms with van der Waals surface area (Å²) in [7, 11) is 1.62. The van der Waals surface area contributed by atoms with Crippen molar-refractivity contribution in [1.82, 2.24) is 9.88 Å². The molecular weight excluding hydrogens is 354 g/mol. The summed E-state index contributed by atoms with van der Waals surface area (Å²) in [5.41, 5.74) is 2.65. The number of methoxy groups -OCH3 is 1. The molecule has 6 heteroatoms. The van der Waals surface area contributed by atoms with Crippen molar-refractivity contribution in [2.24, 2.45) is 0 Å². The molecule has 2 aromatic rings. The van der Waals surface area contributed by atoms with Gasteiger partial charge >= 0.3 is 0 Å². The van der Waals surface area contributed by atoms with Crippen LogP contribution >= 0.6 is 0 Å². The van der Waals surface area contributed by atoms with Gasteiger partial charge in [-0.3, -0.25) is 14.6 Å². The van der Waals surface area contributed by atoms with Gasteiger partial charge in [0.2, 0.25) is 11.8 Å². The van der Waals surface area contributed by atoms with E-state index in [1.807, 2.05) is 42.5 Å². The third-order valence-electron chi connectivity index (χ3n) is 4.65. The number of hydrogen-bond acceptors (Lipinski definition) is 4. The number of carbonyl (C=O) groups is 2. The van der Waals surface area contributed by atoms with Crippen LogP contribution < -0.4 is 4.90 Å². The molecule has 2 heterocycles. The highest BCUT2D eigenvalue weighted by molar-refractivity contribution is 5.95. The molecule has 28 heavy (non-hydrogen) atoms. The number of aromatic nitrogens is 1. The fourth-order valence-corrected chi connectivity index (χ4v) is 3.12. The van der Waals surface area contributed by atoms with Gasteiger partial charge in [-0.05, 0) is 42.3 Å². The van der Waals surface area contributed by atoms with E-state index in [-0.39, 0.29) is 11.8 Å². The van der Waals surface area contributed by atoms with Crippen LogP contribution in [-0.2, 0) is 20.9 Å². The Morgan fingerprint density at radius 3 is 2.71 bits per heavy atom. The number of hydrogen-bond donors (Lipinski definition) is 0. The molecule has 1 aliphatic rings. The van der Waals surface area contributed by atoms with Crippen molar-refractivity contribution in [3.05, 3.63) is 66.0 Å². The SMILES string of the molecule is COCCN(Cc1ccccn1)C(=O)/C=C/c1ccc(N2CCCC2=O)cc1. The lowest BCUT2D eigenvalue weighted by molar-refractivity contribution is -0.127. The second-order valence-corrected chi connectivity index (χ2v) is 6.65. The van der Waals surface area contributed by atoms with Gasteiger partial charge in [-0.15, -0.1) is 0 Å². The van der Waals surface area contributed by atoms with Gasteiger partial charge in [0.1, 0.15) is 0 Å². The average molecular weight is 379 g/mol. The first kappa shape index (κ1) is 19.8. The number of carbonyl (C=O) groups excluding carboxylic acids is 2. The number of ether oxygens (including phenoxy) is 1. The van der Waals surface area contributed by atoms with E-state index in [0.29, 0.717) is 26.1 Å². The maximum atomic E-state index is 12.6. The summed E-state index contributed by atoms with van der Waals surface area (Å²) < 4.78 is 5.12. The van der Waals surface area contributed by atoms with E-state index in [9.17, 15) is 9.59 Å². The lowest BCUT2D eigenvalue weighted by Crippen LogP contribution is -2.32. The van der Waals surface area contributed by atoms with E-state index in [1.54, 1.807) is 35.3 Å². The molecule has 0 N–H and O–H groups in total. The van der Waals surface area contributed by atoms with Crippen LogP contribution in [-0.4, -0.2) is 48.5 Å². The highest BCUT2D eigenvalue weighted by atomic mass is 16.5. The quantitative estimate of drug-likeness (QED) is 0.662. The summed E-state index contributed by atoms with van der Waals surface area (Å²) >= 11 is 0. The molecule has 0 spiro atoms. The maximum absolute atomic E-state index is 12.6. The minimum atomic E-state index is -0.0958. The van der Waals surface area contributed by atoms with Crippen molar-refractivity contribution >= 4 is 23.6 Å². The predicted octanol–water partition coefficient (Wildman–Crippen LogP) is 2.90. The van der Waals surface area contributed by atoms with E-state index in [4.69, 9.17) is 4.74 Å². The lowest BCUT2D eigenvalue weighted by Gasteiger charge is -2.20. The van der Waals surface area contributed by atoms with Gasteiger partial charge in [-0.1, -0.05) is 18.2 Å². The first-order valence-corrected chi connectivity index (χ1v) is 9.43. The minimum Gasteiger partial charge on any atom is -0.383 e. The van der Waals surface area contributed by atoms with Crippen LogP contribution in [0.3, 0.4) is 0 Å². The van der Waals surface area contributed by atoms with Crippen molar-refractivity contribution < 1.29 is 14.3 Å². The summed E-state index contributed by atoms with van der Waals surface area (Å²) in [6.07, 6.45) is 6.59. The Morgan fingerprint density at radius 1 is 1.25 bits per heavy atom. The first-order chi connectivity index (χ1) is 13.7. The molecule has 1 aromatic carbocycles.